The molecular weight excluding hydrogens is 342 g/mol. The number of nitrogens with one attached hydrogen (secondary N) is 1. The molecule has 0 bridgehead atoms. The molecule has 0 atom stereocenters. The topological polar surface area (TPSA) is 107 Å². The van der Waals surface area contributed by atoms with Crippen LogP contribution < -0.4 is 5.32 Å². The number of pyridine rings is 1. The van der Waals surface area contributed by atoms with E-state index in [9.17, 15) is 4.79 Å². The Morgan fingerprint density at radius 3 is 2.88 bits per heavy atom. The number of hydrogen-bond donors (Lipinski definition) is 1. The molecule has 8 nitrogen and oxygen atoms in total. The van der Waals surface area contributed by atoms with Crippen molar-refractivity contribution in [1.29, 1.82) is 0 Å². The molecule has 3 rings (SSSR count). The molecule has 9 heteroatoms. The minimum Gasteiger partial charge on any atom is -0.411 e. The fourth-order valence-corrected chi connectivity index (χ4v) is 2.69. The number of hydrogen-bond acceptors (Lipinski definition) is 8. The van der Waals surface area contributed by atoms with Crippen molar-refractivity contribution in [2.24, 2.45) is 0 Å². The van der Waals surface area contributed by atoms with Gasteiger partial charge in [-0.1, -0.05) is 23.8 Å². The third-order valence-corrected chi connectivity index (χ3v) is 4.14. The second-order valence-electron chi connectivity index (χ2n) is 5.12. The lowest BCUT2D eigenvalue weighted by molar-refractivity contribution is -0.120. The zero-order valence-corrected chi connectivity index (χ0v) is 14.5. The summed E-state index contributed by atoms with van der Waals surface area (Å²) in [7, 11) is 0. The lowest BCUT2D eigenvalue weighted by Gasteiger charge is -2.01. The molecule has 0 fully saturated rings. The number of carbonyl (C=O) groups is 1. The molecule has 3 aromatic rings. The maximum Gasteiger partial charge on any atom is 0.276 e. The van der Waals surface area contributed by atoms with Gasteiger partial charge in [0.1, 0.15) is 0 Å². The van der Waals surface area contributed by atoms with Gasteiger partial charge in [0.25, 0.3) is 5.22 Å². The summed E-state index contributed by atoms with van der Waals surface area (Å²) in [5.41, 5.74) is 1.69. The minimum absolute atomic E-state index is 0.0733. The van der Waals surface area contributed by atoms with Crippen LogP contribution in [-0.2, 0) is 17.8 Å². The van der Waals surface area contributed by atoms with Crippen molar-refractivity contribution in [3.05, 3.63) is 42.0 Å². The monoisotopic (exact) mass is 359 g/mol. The summed E-state index contributed by atoms with van der Waals surface area (Å²) in [6.07, 6.45) is 4.47. The largest absolute Gasteiger partial charge is 0.411 e. The van der Waals surface area contributed by atoms with Gasteiger partial charge in [-0.3, -0.25) is 9.78 Å². The smallest absolute Gasteiger partial charge is 0.276 e. The molecule has 25 heavy (non-hydrogen) atoms. The molecular formula is C16H17N5O3S. The summed E-state index contributed by atoms with van der Waals surface area (Å²) in [6.45, 7) is 2.33. The van der Waals surface area contributed by atoms with Gasteiger partial charge in [-0.05, 0) is 18.6 Å². The minimum atomic E-state index is -0.0733. The normalized spacial score (nSPS) is 10.8. The Morgan fingerprint density at radius 2 is 2.12 bits per heavy atom. The number of amides is 1. The summed E-state index contributed by atoms with van der Waals surface area (Å²) in [4.78, 5) is 15.8. The van der Waals surface area contributed by atoms with Crippen LogP contribution in [0.25, 0.3) is 11.5 Å². The third-order valence-electron chi connectivity index (χ3n) is 3.32. The van der Waals surface area contributed by atoms with Crippen molar-refractivity contribution in [3.63, 3.8) is 0 Å². The Kier molecular flexibility index (Phi) is 5.78. The lowest BCUT2D eigenvalue weighted by atomic mass is 10.3. The maximum absolute atomic E-state index is 11.8. The van der Waals surface area contributed by atoms with Gasteiger partial charge in [0, 0.05) is 36.2 Å². The molecule has 0 spiro atoms. The SMILES string of the molecule is CCc1cc(CNC(=O)CCSc2nnc(-c3ccncc3)o2)on1. The molecule has 130 valence electrons. The number of nitrogens with zero attached hydrogens (tertiary/aromatic N) is 4. The molecule has 0 radical (unpaired) electrons. The van der Waals surface area contributed by atoms with Crippen molar-refractivity contribution in [2.45, 2.75) is 31.5 Å². The highest BCUT2D eigenvalue weighted by atomic mass is 32.2. The summed E-state index contributed by atoms with van der Waals surface area (Å²) < 4.78 is 10.7. The van der Waals surface area contributed by atoms with Gasteiger partial charge in [-0.15, -0.1) is 10.2 Å². The fraction of sp³-hybridized carbons (Fsp3) is 0.312. The van der Waals surface area contributed by atoms with Gasteiger partial charge in [0.15, 0.2) is 5.76 Å². The molecule has 0 aliphatic carbocycles. The summed E-state index contributed by atoms with van der Waals surface area (Å²) in [6, 6.07) is 5.43. The molecule has 0 aliphatic heterocycles. The molecule has 0 unspecified atom stereocenters. The first-order valence-electron chi connectivity index (χ1n) is 7.82. The Hall–Kier alpha value is -2.68. The van der Waals surface area contributed by atoms with E-state index in [-0.39, 0.29) is 5.91 Å². The highest BCUT2D eigenvalue weighted by molar-refractivity contribution is 7.99. The van der Waals surface area contributed by atoms with Gasteiger partial charge < -0.3 is 14.3 Å². The van der Waals surface area contributed by atoms with Crippen molar-refractivity contribution >= 4 is 17.7 Å². The van der Waals surface area contributed by atoms with E-state index in [4.69, 9.17) is 8.94 Å². The van der Waals surface area contributed by atoms with E-state index in [0.29, 0.717) is 35.6 Å². The van der Waals surface area contributed by atoms with Gasteiger partial charge in [-0.2, -0.15) is 0 Å². The van der Waals surface area contributed by atoms with Crippen molar-refractivity contribution < 1.29 is 13.7 Å². The summed E-state index contributed by atoms with van der Waals surface area (Å²) in [5, 5.41) is 15.1. The van der Waals surface area contributed by atoms with Crippen LogP contribution in [0, 0.1) is 0 Å². The molecule has 3 aromatic heterocycles. The zero-order valence-electron chi connectivity index (χ0n) is 13.6. The van der Waals surface area contributed by atoms with Crippen LogP contribution in [0.4, 0.5) is 0 Å². The molecule has 0 aliphatic rings. The first-order valence-corrected chi connectivity index (χ1v) is 8.81. The molecule has 0 saturated carbocycles. The fourth-order valence-electron chi connectivity index (χ4n) is 1.99. The van der Waals surface area contributed by atoms with E-state index in [0.717, 1.165) is 17.7 Å². The van der Waals surface area contributed by atoms with Crippen LogP contribution >= 0.6 is 11.8 Å². The quantitative estimate of drug-likeness (QED) is 0.611. The van der Waals surface area contributed by atoms with Crippen molar-refractivity contribution in [3.8, 4) is 11.5 Å². The van der Waals surface area contributed by atoms with Gasteiger partial charge in [0.05, 0.1) is 12.2 Å². The van der Waals surface area contributed by atoms with Crippen LogP contribution in [0.2, 0.25) is 0 Å². The molecule has 3 heterocycles. The number of rotatable bonds is 8. The van der Waals surface area contributed by atoms with E-state index >= 15 is 0 Å². The Labute approximate surface area is 148 Å². The molecule has 1 amide bonds. The predicted molar refractivity (Wildman–Crippen MR) is 90.6 cm³/mol. The number of carbonyl (C=O) groups excluding carboxylic acids is 1. The number of aromatic nitrogens is 4. The van der Waals surface area contributed by atoms with E-state index in [1.54, 1.807) is 24.5 Å². The van der Waals surface area contributed by atoms with Gasteiger partial charge >= 0.3 is 0 Å². The molecule has 0 aromatic carbocycles. The van der Waals surface area contributed by atoms with E-state index in [2.05, 4.69) is 25.7 Å². The Bertz CT molecular complexity index is 818. The lowest BCUT2D eigenvalue weighted by Crippen LogP contribution is -2.22. The highest BCUT2D eigenvalue weighted by Crippen LogP contribution is 2.22. The van der Waals surface area contributed by atoms with Crippen LogP contribution in [0.15, 0.2) is 44.8 Å². The van der Waals surface area contributed by atoms with E-state index < -0.39 is 0 Å². The molecule has 1 N–H and O–H groups in total. The second kappa shape index (κ2) is 8.43. The van der Waals surface area contributed by atoms with Crippen molar-refractivity contribution in [2.75, 3.05) is 5.75 Å². The Morgan fingerprint density at radius 1 is 1.28 bits per heavy atom. The van der Waals surface area contributed by atoms with Gasteiger partial charge in [0.2, 0.25) is 11.8 Å². The number of thioether (sulfide) groups is 1. The van der Waals surface area contributed by atoms with Gasteiger partial charge in [-0.25, -0.2) is 0 Å². The van der Waals surface area contributed by atoms with E-state index in [1.165, 1.54) is 11.8 Å². The highest BCUT2D eigenvalue weighted by Gasteiger charge is 2.10. The van der Waals surface area contributed by atoms with Crippen molar-refractivity contribution in [1.82, 2.24) is 25.7 Å². The standard InChI is InChI=1S/C16H17N5O3S/c1-2-12-9-13(24-21-12)10-18-14(22)5-8-25-16-20-19-15(23-16)11-3-6-17-7-4-11/h3-4,6-7,9H,2,5,8,10H2,1H3,(H,18,22). The first-order chi connectivity index (χ1) is 12.2. The predicted octanol–water partition coefficient (Wildman–Crippen LogP) is 2.48. The van der Waals surface area contributed by atoms with Crippen LogP contribution in [0.5, 0.6) is 0 Å². The first kappa shape index (κ1) is 17.2. The van der Waals surface area contributed by atoms with Crippen LogP contribution in [0.1, 0.15) is 24.8 Å². The van der Waals surface area contributed by atoms with E-state index in [1.807, 2.05) is 13.0 Å². The summed E-state index contributed by atoms with van der Waals surface area (Å²) in [5.74, 6) is 1.56. The summed E-state index contributed by atoms with van der Waals surface area (Å²) >= 11 is 1.34. The zero-order chi connectivity index (χ0) is 17.5. The second-order valence-corrected chi connectivity index (χ2v) is 6.17. The maximum atomic E-state index is 11.8. The molecule has 0 saturated heterocycles. The van der Waals surface area contributed by atoms with Crippen LogP contribution in [0.3, 0.4) is 0 Å². The average molecular weight is 359 g/mol. The third kappa shape index (κ3) is 4.90. The average Bonchev–Trinajstić information content (AvgIpc) is 3.30. The van der Waals surface area contributed by atoms with Crippen LogP contribution in [-0.4, -0.2) is 32.0 Å². The Balaban J connectivity index is 1.40. The number of aryl methyl sites for hydroxylation is 1.